The molecule has 4 heterocycles. The number of pyridine rings is 1. The molecule has 0 unspecified atom stereocenters. The van der Waals surface area contributed by atoms with E-state index >= 15 is 0 Å². The molecule has 1 aromatic carbocycles. The number of hydrogen-bond acceptors (Lipinski definition) is 6. The summed E-state index contributed by atoms with van der Waals surface area (Å²) in [5.41, 5.74) is 3.10. The lowest BCUT2D eigenvalue weighted by Crippen LogP contribution is -2.30. The Labute approximate surface area is 181 Å². The maximum absolute atomic E-state index is 13.1. The van der Waals surface area contributed by atoms with Crippen LogP contribution in [0.4, 0.5) is 17.2 Å². The van der Waals surface area contributed by atoms with Crippen molar-refractivity contribution in [2.24, 2.45) is 7.05 Å². The van der Waals surface area contributed by atoms with Gasteiger partial charge in [0, 0.05) is 44.8 Å². The number of fused-ring (bicyclic) bond motifs is 1. The van der Waals surface area contributed by atoms with Gasteiger partial charge in [-0.05, 0) is 49.9 Å². The van der Waals surface area contributed by atoms with Gasteiger partial charge >= 0.3 is 0 Å². The highest BCUT2D eigenvalue weighted by Crippen LogP contribution is 2.33. The minimum Gasteiger partial charge on any atom is -0.391 e. The predicted octanol–water partition coefficient (Wildman–Crippen LogP) is 2.78. The van der Waals surface area contributed by atoms with Crippen molar-refractivity contribution in [2.45, 2.75) is 31.8 Å². The van der Waals surface area contributed by atoms with Gasteiger partial charge in [-0.1, -0.05) is 6.07 Å². The number of aryl methyl sites for hydroxylation is 1. The van der Waals surface area contributed by atoms with Crippen molar-refractivity contribution < 1.29 is 9.90 Å². The summed E-state index contributed by atoms with van der Waals surface area (Å²) in [6.45, 7) is 3.25. The smallest absolute Gasteiger partial charge is 0.274 e. The number of hydrogen-bond donors (Lipinski definition) is 2. The van der Waals surface area contributed by atoms with E-state index in [-0.39, 0.29) is 12.0 Å². The van der Waals surface area contributed by atoms with Crippen LogP contribution in [0.15, 0.2) is 36.5 Å². The Balaban J connectivity index is 1.44. The third kappa shape index (κ3) is 4.07. The van der Waals surface area contributed by atoms with Gasteiger partial charge in [-0.3, -0.25) is 9.48 Å². The Kier molecular flexibility index (Phi) is 5.23. The number of anilines is 3. The summed E-state index contributed by atoms with van der Waals surface area (Å²) in [5.74, 6) is 0.492. The normalized spacial score (nSPS) is 19.2. The average molecular weight is 421 g/mol. The molecule has 8 heteroatoms. The summed E-state index contributed by atoms with van der Waals surface area (Å²) in [6, 6.07) is 9.54. The average Bonchev–Trinajstić information content (AvgIpc) is 3.38. The fourth-order valence-electron chi connectivity index (χ4n) is 4.54. The predicted molar refractivity (Wildman–Crippen MR) is 122 cm³/mol. The van der Waals surface area contributed by atoms with Crippen molar-refractivity contribution in [3.63, 3.8) is 0 Å². The zero-order valence-electron chi connectivity index (χ0n) is 17.8. The number of aliphatic hydroxyl groups is 1. The van der Waals surface area contributed by atoms with Gasteiger partial charge in [0.2, 0.25) is 0 Å². The maximum atomic E-state index is 13.1. The molecule has 162 valence electrons. The molecule has 2 saturated heterocycles. The van der Waals surface area contributed by atoms with E-state index in [1.807, 2.05) is 36.3 Å². The highest BCUT2D eigenvalue weighted by Gasteiger charge is 2.23. The Morgan fingerprint density at radius 2 is 1.97 bits per heavy atom. The van der Waals surface area contributed by atoms with E-state index in [4.69, 9.17) is 0 Å². The minimum atomic E-state index is -0.336. The van der Waals surface area contributed by atoms with E-state index in [2.05, 4.69) is 26.4 Å². The van der Waals surface area contributed by atoms with Crippen LogP contribution in [0.25, 0.3) is 10.9 Å². The van der Waals surface area contributed by atoms with E-state index in [1.54, 1.807) is 10.7 Å². The quantitative estimate of drug-likeness (QED) is 0.675. The number of β-amino-alcohol motifs (C(OH)–C–C–N with tert-alkyl or cyclic N) is 1. The fraction of sp³-hybridized carbons (Fsp3) is 0.435. The van der Waals surface area contributed by atoms with Crippen molar-refractivity contribution in [1.82, 2.24) is 14.8 Å². The number of carbonyl (C=O) groups excluding carboxylic acids is 1. The molecule has 31 heavy (non-hydrogen) atoms. The van der Waals surface area contributed by atoms with Gasteiger partial charge in [0.25, 0.3) is 5.91 Å². The lowest BCUT2D eigenvalue weighted by atomic mass is 10.1. The number of amides is 1. The molecule has 1 atom stereocenters. The topological polar surface area (TPSA) is 86.5 Å². The number of nitrogens with one attached hydrogen (secondary N) is 1. The zero-order valence-corrected chi connectivity index (χ0v) is 17.8. The van der Waals surface area contributed by atoms with Crippen LogP contribution in [0.1, 0.15) is 36.2 Å². The van der Waals surface area contributed by atoms with Gasteiger partial charge < -0.3 is 20.2 Å². The van der Waals surface area contributed by atoms with Crippen LogP contribution in [0, 0.1) is 0 Å². The fourth-order valence-corrected chi connectivity index (χ4v) is 4.54. The minimum absolute atomic E-state index is 0.233. The lowest BCUT2D eigenvalue weighted by molar-refractivity contribution is 0.102. The van der Waals surface area contributed by atoms with Crippen LogP contribution < -0.4 is 15.1 Å². The van der Waals surface area contributed by atoms with Crippen LogP contribution in [-0.2, 0) is 7.05 Å². The van der Waals surface area contributed by atoms with Crippen molar-refractivity contribution in [2.75, 3.05) is 41.3 Å². The van der Waals surface area contributed by atoms with Crippen LogP contribution in [0.3, 0.4) is 0 Å². The van der Waals surface area contributed by atoms with E-state index < -0.39 is 0 Å². The van der Waals surface area contributed by atoms with Crippen LogP contribution in [-0.4, -0.2) is 58.1 Å². The van der Waals surface area contributed by atoms with E-state index in [1.165, 1.54) is 6.42 Å². The molecule has 8 nitrogen and oxygen atoms in total. The molecule has 0 aliphatic carbocycles. The summed E-state index contributed by atoms with van der Waals surface area (Å²) in [7, 11) is 1.91. The first kappa shape index (κ1) is 19.8. The SMILES string of the molecule is Cn1cc2cc(NC(=O)c3cccc(N4CC[C@@H](O)C4)n3)c(N3CCCCC3)cc2n1. The molecule has 2 aromatic heterocycles. The molecule has 0 saturated carbocycles. The summed E-state index contributed by atoms with van der Waals surface area (Å²) >= 11 is 0. The van der Waals surface area contributed by atoms with Gasteiger partial charge in [0.15, 0.2) is 0 Å². The van der Waals surface area contributed by atoms with Gasteiger partial charge in [-0.15, -0.1) is 0 Å². The molecule has 2 aliphatic heterocycles. The van der Waals surface area contributed by atoms with Gasteiger partial charge in [-0.2, -0.15) is 5.10 Å². The summed E-state index contributed by atoms with van der Waals surface area (Å²) in [4.78, 5) is 22.1. The largest absolute Gasteiger partial charge is 0.391 e. The Morgan fingerprint density at radius 3 is 2.74 bits per heavy atom. The van der Waals surface area contributed by atoms with Crippen molar-refractivity contribution in [3.05, 3.63) is 42.2 Å². The zero-order chi connectivity index (χ0) is 21.4. The Bertz CT molecular complexity index is 1100. The highest BCUT2D eigenvalue weighted by atomic mass is 16.3. The monoisotopic (exact) mass is 420 g/mol. The standard InChI is InChI=1S/C23H28N6O2/c1-27-14-16-12-20(21(13-19(16)26-27)28-9-3-2-4-10-28)25-23(31)18-6-5-7-22(24-18)29-11-8-17(30)15-29/h5-7,12-14,17,30H,2-4,8-11,15H2,1H3,(H,25,31)/t17-/m1/s1. The van der Waals surface area contributed by atoms with Gasteiger partial charge in [-0.25, -0.2) is 4.98 Å². The second kappa shape index (κ2) is 8.19. The van der Waals surface area contributed by atoms with E-state index in [9.17, 15) is 9.90 Å². The number of carbonyl (C=O) groups is 1. The molecule has 0 bridgehead atoms. The number of rotatable bonds is 4. The van der Waals surface area contributed by atoms with Crippen molar-refractivity contribution in [3.8, 4) is 0 Å². The second-order valence-corrected chi connectivity index (χ2v) is 8.50. The van der Waals surface area contributed by atoms with Gasteiger partial charge in [0.05, 0.1) is 23.0 Å². The molecule has 2 aliphatic rings. The number of aliphatic hydroxyl groups excluding tert-OH is 1. The molecule has 5 rings (SSSR count). The molecule has 0 radical (unpaired) electrons. The van der Waals surface area contributed by atoms with Crippen LogP contribution in [0.5, 0.6) is 0 Å². The van der Waals surface area contributed by atoms with Crippen LogP contribution >= 0.6 is 0 Å². The summed E-state index contributed by atoms with van der Waals surface area (Å²) < 4.78 is 1.80. The molecular formula is C23H28N6O2. The van der Waals surface area contributed by atoms with Crippen LogP contribution in [0.2, 0.25) is 0 Å². The number of aromatic nitrogens is 3. The van der Waals surface area contributed by atoms with Crippen molar-refractivity contribution in [1.29, 1.82) is 0 Å². The summed E-state index contributed by atoms with van der Waals surface area (Å²) in [6.07, 6.45) is 5.90. The molecule has 2 N–H and O–H groups in total. The van der Waals surface area contributed by atoms with Crippen molar-refractivity contribution >= 4 is 34.0 Å². The third-order valence-electron chi connectivity index (χ3n) is 6.14. The van der Waals surface area contributed by atoms with E-state index in [0.717, 1.165) is 67.0 Å². The lowest BCUT2D eigenvalue weighted by Gasteiger charge is -2.30. The highest BCUT2D eigenvalue weighted by molar-refractivity contribution is 6.06. The first-order valence-electron chi connectivity index (χ1n) is 11.0. The van der Waals surface area contributed by atoms with E-state index in [0.29, 0.717) is 12.2 Å². The second-order valence-electron chi connectivity index (χ2n) is 8.50. The van der Waals surface area contributed by atoms with Gasteiger partial charge in [0.1, 0.15) is 11.5 Å². The Morgan fingerprint density at radius 1 is 1.13 bits per heavy atom. The Hall–Kier alpha value is -3.13. The molecular weight excluding hydrogens is 392 g/mol. The number of nitrogens with zero attached hydrogens (tertiary/aromatic N) is 5. The maximum Gasteiger partial charge on any atom is 0.274 e. The molecule has 0 spiro atoms. The first-order valence-corrected chi connectivity index (χ1v) is 11.0. The molecule has 1 amide bonds. The number of piperidine rings is 1. The first-order chi connectivity index (χ1) is 15.1. The molecule has 2 fully saturated rings. The molecule has 3 aromatic rings. The number of benzene rings is 1. The third-order valence-corrected chi connectivity index (χ3v) is 6.14. The summed E-state index contributed by atoms with van der Waals surface area (Å²) in [5, 5.41) is 18.5.